The van der Waals surface area contributed by atoms with Crippen LogP contribution in [0.3, 0.4) is 0 Å². The molecule has 0 N–H and O–H groups in total. The molecule has 0 radical (unpaired) electrons. The van der Waals surface area contributed by atoms with Crippen LogP contribution in [0, 0.1) is 24.7 Å². The predicted molar refractivity (Wildman–Crippen MR) is 75.2 cm³/mol. The lowest BCUT2D eigenvalue weighted by atomic mass is 9.91. The van der Waals surface area contributed by atoms with E-state index in [9.17, 15) is 4.79 Å². The summed E-state index contributed by atoms with van der Waals surface area (Å²) in [4.78, 5) is 11.5. The van der Waals surface area contributed by atoms with Crippen LogP contribution in [0.15, 0.2) is 18.2 Å². The average molecular weight is 260 g/mol. The Bertz CT molecular complexity index is 495. The largest absolute Gasteiger partial charge is 0.493 e. The molecular formula is C16H20O3. The normalized spacial score (nSPS) is 10.7. The van der Waals surface area contributed by atoms with E-state index in [0.29, 0.717) is 18.6 Å². The zero-order valence-corrected chi connectivity index (χ0v) is 11.9. The van der Waals surface area contributed by atoms with E-state index in [1.807, 2.05) is 13.0 Å². The molecule has 102 valence electrons. The van der Waals surface area contributed by atoms with Crippen molar-refractivity contribution >= 4 is 5.97 Å². The van der Waals surface area contributed by atoms with Crippen LogP contribution in [0.25, 0.3) is 0 Å². The number of carbonyl (C=O) groups is 1. The molecule has 0 unspecified atom stereocenters. The summed E-state index contributed by atoms with van der Waals surface area (Å²) in [6.07, 6.45) is 5.98. The molecular weight excluding hydrogens is 240 g/mol. The van der Waals surface area contributed by atoms with Crippen LogP contribution in [0.1, 0.15) is 36.2 Å². The van der Waals surface area contributed by atoms with E-state index < -0.39 is 0 Å². The van der Waals surface area contributed by atoms with Crippen LogP contribution < -0.4 is 4.74 Å². The van der Waals surface area contributed by atoms with E-state index in [4.69, 9.17) is 15.9 Å². The molecule has 3 heteroatoms. The third-order valence-corrected chi connectivity index (χ3v) is 2.81. The summed E-state index contributed by atoms with van der Waals surface area (Å²) in [6.45, 7) is 6.50. The Morgan fingerprint density at radius 1 is 1.42 bits per heavy atom. The van der Waals surface area contributed by atoms with Crippen molar-refractivity contribution in [2.24, 2.45) is 5.41 Å². The van der Waals surface area contributed by atoms with E-state index in [2.05, 4.69) is 19.8 Å². The van der Waals surface area contributed by atoms with Gasteiger partial charge in [-0.1, -0.05) is 13.8 Å². The molecule has 1 aromatic carbocycles. The van der Waals surface area contributed by atoms with Crippen LogP contribution >= 0.6 is 0 Å². The molecule has 1 rings (SSSR count). The lowest BCUT2D eigenvalue weighted by Gasteiger charge is -2.22. The third-order valence-electron chi connectivity index (χ3n) is 2.81. The van der Waals surface area contributed by atoms with Crippen LogP contribution in [0.5, 0.6) is 5.75 Å². The zero-order valence-electron chi connectivity index (χ0n) is 11.9. The molecule has 0 aliphatic rings. The van der Waals surface area contributed by atoms with Gasteiger partial charge in [0.15, 0.2) is 0 Å². The topological polar surface area (TPSA) is 35.5 Å². The molecule has 0 saturated heterocycles. The fraction of sp³-hybridized carbons (Fsp3) is 0.438. The van der Waals surface area contributed by atoms with Crippen molar-refractivity contribution in [1.29, 1.82) is 0 Å². The van der Waals surface area contributed by atoms with Gasteiger partial charge in [-0.05, 0) is 30.7 Å². The second kappa shape index (κ2) is 6.29. The minimum Gasteiger partial charge on any atom is -0.493 e. The van der Waals surface area contributed by atoms with Crippen LogP contribution in [0.4, 0.5) is 0 Å². The van der Waals surface area contributed by atoms with Gasteiger partial charge in [0.1, 0.15) is 5.75 Å². The summed E-state index contributed by atoms with van der Waals surface area (Å²) < 4.78 is 10.4. The van der Waals surface area contributed by atoms with Crippen LogP contribution in [-0.2, 0) is 4.74 Å². The van der Waals surface area contributed by atoms with Gasteiger partial charge in [-0.25, -0.2) is 4.79 Å². The number of methoxy groups -OCH3 is 1. The number of benzene rings is 1. The van der Waals surface area contributed by atoms with Crippen molar-refractivity contribution in [2.75, 3.05) is 13.7 Å². The van der Waals surface area contributed by atoms with Crippen molar-refractivity contribution < 1.29 is 14.3 Å². The third kappa shape index (κ3) is 4.33. The molecule has 0 heterocycles. The Morgan fingerprint density at radius 3 is 2.63 bits per heavy atom. The highest BCUT2D eigenvalue weighted by Crippen LogP contribution is 2.23. The zero-order chi connectivity index (χ0) is 14.5. The number of hydrogen-bond acceptors (Lipinski definition) is 3. The molecule has 0 fully saturated rings. The summed E-state index contributed by atoms with van der Waals surface area (Å²) in [5.41, 5.74) is 1.32. The molecule has 3 nitrogen and oxygen atoms in total. The molecule has 0 saturated carbocycles. The highest BCUT2D eigenvalue weighted by atomic mass is 16.5. The summed E-state index contributed by atoms with van der Waals surface area (Å²) in [5, 5.41) is 0. The Hall–Kier alpha value is -1.95. The van der Waals surface area contributed by atoms with Gasteiger partial charge in [-0.3, -0.25) is 0 Å². The van der Waals surface area contributed by atoms with Gasteiger partial charge in [0, 0.05) is 11.8 Å². The standard InChI is InChI=1S/C16H20O3/c1-6-9-16(3,4)11-19-13-7-8-14(12(2)10-13)15(17)18-5/h1,7-8,10H,9,11H2,2-5H3. The van der Waals surface area contributed by atoms with Crippen molar-refractivity contribution in [1.82, 2.24) is 0 Å². The fourth-order valence-corrected chi connectivity index (χ4v) is 1.67. The van der Waals surface area contributed by atoms with Gasteiger partial charge in [-0.2, -0.15) is 0 Å². The maximum absolute atomic E-state index is 11.5. The summed E-state index contributed by atoms with van der Waals surface area (Å²) in [6, 6.07) is 5.31. The smallest absolute Gasteiger partial charge is 0.338 e. The maximum Gasteiger partial charge on any atom is 0.338 e. The molecule has 0 atom stereocenters. The Morgan fingerprint density at radius 2 is 2.11 bits per heavy atom. The van der Waals surface area contributed by atoms with Crippen LogP contribution in [0.2, 0.25) is 0 Å². The molecule has 0 spiro atoms. The first kappa shape index (κ1) is 15.1. The monoisotopic (exact) mass is 260 g/mol. The van der Waals surface area contributed by atoms with E-state index >= 15 is 0 Å². The summed E-state index contributed by atoms with van der Waals surface area (Å²) in [5.74, 6) is 3.04. The Balaban J connectivity index is 2.75. The van der Waals surface area contributed by atoms with Crippen LogP contribution in [-0.4, -0.2) is 19.7 Å². The second-order valence-corrected chi connectivity index (χ2v) is 5.30. The number of terminal acetylenes is 1. The lowest BCUT2D eigenvalue weighted by Crippen LogP contribution is -2.20. The number of rotatable bonds is 5. The Kier molecular flexibility index (Phi) is 5.00. The van der Waals surface area contributed by atoms with Gasteiger partial charge < -0.3 is 9.47 Å². The van der Waals surface area contributed by atoms with Gasteiger partial charge in [0.25, 0.3) is 0 Å². The molecule has 0 aliphatic carbocycles. The average Bonchev–Trinajstić information content (AvgIpc) is 2.36. The first-order chi connectivity index (χ1) is 8.89. The molecule has 1 aromatic rings. The molecule has 0 bridgehead atoms. The van der Waals surface area contributed by atoms with Gasteiger partial charge in [-0.15, -0.1) is 12.3 Å². The van der Waals surface area contributed by atoms with E-state index in [0.717, 1.165) is 11.3 Å². The number of ether oxygens (including phenoxy) is 2. The molecule has 0 aliphatic heterocycles. The Labute approximate surface area is 114 Å². The number of hydrogen-bond donors (Lipinski definition) is 0. The predicted octanol–water partition coefficient (Wildman–Crippen LogP) is 3.21. The lowest BCUT2D eigenvalue weighted by molar-refractivity contribution is 0.0600. The molecule has 19 heavy (non-hydrogen) atoms. The van der Waals surface area contributed by atoms with Gasteiger partial charge in [0.05, 0.1) is 19.3 Å². The minimum absolute atomic E-state index is 0.0658. The van der Waals surface area contributed by atoms with Crippen molar-refractivity contribution in [3.05, 3.63) is 29.3 Å². The number of carbonyl (C=O) groups excluding carboxylic acids is 1. The maximum atomic E-state index is 11.5. The minimum atomic E-state index is -0.336. The van der Waals surface area contributed by atoms with E-state index in [1.54, 1.807) is 12.1 Å². The van der Waals surface area contributed by atoms with Crippen molar-refractivity contribution in [3.8, 4) is 18.1 Å². The number of aryl methyl sites for hydroxylation is 1. The van der Waals surface area contributed by atoms with Gasteiger partial charge >= 0.3 is 5.97 Å². The first-order valence-electron chi connectivity index (χ1n) is 6.15. The summed E-state index contributed by atoms with van der Waals surface area (Å²) in [7, 11) is 1.37. The quantitative estimate of drug-likeness (QED) is 0.602. The first-order valence-corrected chi connectivity index (χ1v) is 6.15. The highest BCUT2D eigenvalue weighted by molar-refractivity contribution is 5.91. The highest BCUT2D eigenvalue weighted by Gasteiger charge is 2.18. The second-order valence-electron chi connectivity index (χ2n) is 5.30. The van der Waals surface area contributed by atoms with E-state index in [-0.39, 0.29) is 11.4 Å². The van der Waals surface area contributed by atoms with E-state index in [1.165, 1.54) is 7.11 Å². The van der Waals surface area contributed by atoms with Crippen molar-refractivity contribution in [3.63, 3.8) is 0 Å². The fourth-order valence-electron chi connectivity index (χ4n) is 1.67. The van der Waals surface area contributed by atoms with Crippen molar-refractivity contribution in [2.45, 2.75) is 27.2 Å². The number of esters is 1. The van der Waals surface area contributed by atoms with Gasteiger partial charge in [0.2, 0.25) is 0 Å². The molecule has 0 aromatic heterocycles. The SMILES string of the molecule is C#CCC(C)(C)COc1ccc(C(=O)OC)c(C)c1. The summed E-state index contributed by atoms with van der Waals surface area (Å²) >= 11 is 0. The molecule has 0 amide bonds.